The molecule has 1 N–H and O–H groups in total. The van der Waals surface area contributed by atoms with Gasteiger partial charge in [0.1, 0.15) is 5.76 Å². The van der Waals surface area contributed by atoms with Crippen molar-refractivity contribution < 1.29 is 4.42 Å². The molecular formula is C17H20ClNO. The number of rotatable bonds is 5. The van der Waals surface area contributed by atoms with Crippen molar-refractivity contribution in [2.75, 3.05) is 0 Å². The first kappa shape index (κ1) is 13.7. The van der Waals surface area contributed by atoms with Crippen LogP contribution in [-0.2, 0) is 12.8 Å². The molecule has 2 nitrogen and oxygen atoms in total. The molecule has 1 aromatic carbocycles. The Labute approximate surface area is 125 Å². The summed E-state index contributed by atoms with van der Waals surface area (Å²) >= 11 is 6.05. The van der Waals surface area contributed by atoms with Crippen LogP contribution in [0.15, 0.2) is 41.0 Å². The van der Waals surface area contributed by atoms with Gasteiger partial charge in [0.25, 0.3) is 0 Å². The van der Waals surface area contributed by atoms with E-state index >= 15 is 0 Å². The number of hydrogen-bond donors (Lipinski definition) is 1. The molecular weight excluding hydrogens is 270 g/mol. The zero-order valence-electron chi connectivity index (χ0n) is 11.7. The van der Waals surface area contributed by atoms with Gasteiger partial charge in [0, 0.05) is 23.5 Å². The predicted molar refractivity (Wildman–Crippen MR) is 82.1 cm³/mol. The Morgan fingerprint density at radius 2 is 2.30 bits per heavy atom. The highest BCUT2D eigenvalue weighted by atomic mass is 35.5. The molecule has 0 spiro atoms. The summed E-state index contributed by atoms with van der Waals surface area (Å²) in [5, 5.41) is 4.57. The summed E-state index contributed by atoms with van der Waals surface area (Å²) in [7, 11) is 0. The average Bonchev–Trinajstić information content (AvgIpc) is 3.06. The fourth-order valence-electron chi connectivity index (χ4n) is 3.00. The molecule has 3 rings (SSSR count). The molecule has 0 aliphatic heterocycles. The molecule has 1 aromatic heterocycles. The molecule has 0 bridgehead atoms. The van der Waals surface area contributed by atoms with E-state index in [2.05, 4.69) is 24.4 Å². The fourth-order valence-corrected chi connectivity index (χ4v) is 3.19. The van der Waals surface area contributed by atoms with Crippen molar-refractivity contribution in [1.29, 1.82) is 0 Å². The van der Waals surface area contributed by atoms with Crippen LogP contribution in [0.5, 0.6) is 0 Å². The van der Waals surface area contributed by atoms with Crippen LogP contribution in [0.25, 0.3) is 0 Å². The monoisotopic (exact) mass is 289 g/mol. The molecule has 1 aliphatic rings. The molecule has 20 heavy (non-hydrogen) atoms. The lowest BCUT2D eigenvalue weighted by Gasteiger charge is -2.20. The lowest BCUT2D eigenvalue weighted by atomic mass is 10.1. The van der Waals surface area contributed by atoms with Crippen molar-refractivity contribution in [3.63, 3.8) is 0 Å². The Balaban J connectivity index is 1.56. The highest BCUT2D eigenvalue weighted by Gasteiger charge is 2.23. The molecule has 0 radical (unpaired) electrons. The Kier molecular flexibility index (Phi) is 4.13. The normalized spacial score (nSPS) is 19.0. The number of hydrogen-bond acceptors (Lipinski definition) is 2. The number of furan rings is 1. The molecule has 0 fully saturated rings. The maximum absolute atomic E-state index is 6.05. The highest BCUT2D eigenvalue weighted by Crippen LogP contribution is 2.33. The molecule has 106 valence electrons. The van der Waals surface area contributed by atoms with E-state index in [1.54, 1.807) is 6.26 Å². The van der Waals surface area contributed by atoms with Gasteiger partial charge in [-0.25, -0.2) is 0 Å². The first-order valence-electron chi connectivity index (χ1n) is 7.29. The summed E-state index contributed by atoms with van der Waals surface area (Å²) in [6.45, 7) is 2.25. The maximum Gasteiger partial charge on any atom is 0.103 e. The number of nitrogens with one attached hydrogen (secondary N) is 1. The van der Waals surface area contributed by atoms with Crippen LogP contribution >= 0.6 is 11.6 Å². The van der Waals surface area contributed by atoms with Crippen LogP contribution in [0.4, 0.5) is 0 Å². The van der Waals surface area contributed by atoms with Crippen LogP contribution < -0.4 is 5.32 Å². The molecule has 3 heteroatoms. The summed E-state index contributed by atoms with van der Waals surface area (Å²) in [5.41, 5.74) is 2.81. The zero-order chi connectivity index (χ0) is 13.9. The topological polar surface area (TPSA) is 25.2 Å². The van der Waals surface area contributed by atoms with Crippen LogP contribution in [-0.4, -0.2) is 6.04 Å². The van der Waals surface area contributed by atoms with Gasteiger partial charge in [0.15, 0.2) is 0 Å². The Morgan fingerprint density at radius 1 is 1.40 bits per heavy atom. The average molecular weight is 290 g/mol. The van der Waals surface area contributed by atoms with E-state index in [4.69, 9.17) is 16.0 Å². The number of aryl methyl sites for hydroxylation is 2. The van der Waals surface area contributed by atoms with Crippen LogP contribution in [0.1, 0.15) is 42.7 Å². The van der Waals surface area contributed by atoms with Gasteiger partial charge in [-0.05, 0) is 61.6 Å². The second kappa shape index (κ2) is 6.02. The smallest absolute Gasteiger partial charge is 0.103 e. The van der Waals surface area contributed by atoms with Gasteiger partial charge in [0.05, 0.1) is 6.26 Å². The SMILES string of the molecule is CC(CCc1ccco1)NC1CCc2cc(Cl)ccc21. The predicted octanol–water partition coefficient (Wildman–Crippen LogP) is 4.53. The van der Waals surface area contributed by atoms with E-state index < -0.39 is 0 Å². The minimum atomic E-state index is 0.467. The largest absolute Gasteiger partial charge is 0.469 e. The van der Waals surface area contributed by atoms with Crippen molar-refractivity contribution in [3.05, 3.63) is 58.5 Å². The van der Waals surface area contributed by atoms with Gasteiger partial charge >= 0.3 is 0 Å². The Hall–Kier alpha value is -1.25. The van der Waals surface area contributed by atoms with E-state index in [1.165, 1.54) is 17.5 Å². The Bertz CT molecular complexity index is 564. The molecule has 0 saturated carbocycles. The van der Waals surface area contributed by atoms with Gasteiger partial charge in [-0.3, -0.25) is 0 Å². The Morgan fingerprint density at radius 3 is 3.10 bits per heavy atom. The summed E-state index contributed by atoms with van der Waals surface area (Å²) < 4.78 is 5.38. The molecule has 2 atom stereocenters. The third-order valence-electron chi connectivity index (χ3n) is 4.07. The summed E-state index contributed by atoms with van der Waals surface area (Å²) in [5.74, 6) is 1.07. The van der Waals surface area contributed by atoms with Gasteiger partial charge in [-0.1, -0.05) is 17.7 Å². The minimum Gasteiger partial charge on any atom is -0.469 e. The van der Waals surface area contributed by atoms with Crippen LogP contribution in [0.2, 0.25) is 5.02 Å². The minimum absolute atomic E-state index is 0.467. The maximum atomic E-state index is 6.05. The fraction of sp³-hybridized carbons (Fsp3) is 0.412. The molecule has 0 amide bonds. The quantitative estimate of drug-likeness (QED) is 0.875. The van der Waals surface area contributed by atoms with Gasteiger partial charge < -0.3 is 9.73 Å². The van der Waals surface area contributed by atoms with Gasteiger partial charge in [-0.2, -0.15) is 0 Å². The lowest BCUT2D eigenvalue weighted by Crippen LogP contribution is -2.29. The second-order valence-corrected chi connectivity index (χ2v) is 6.06. The van der Waals surface area contributed by atoms with Gasteiger partial charge in [0.2, 0.25) is 0 Å². The standard InChI is InChI=1S/C17H20ClNO/c1-12(4-7-15-3-2-10-20-15)19-17-9-5-13-11-14(18)6-8-16(13)17/h2-3,6,8,10-12,17,19H,4-5,7,9H2,1H3. The first-order chi connectivity index (χ1) is 9.72. The van der Waals surface area contributed by atoms with E-state index in [0.29, 0.717) is 12.1 Å². The van der Waals surface area contributed by atoms with E-state index in [1.807, 2.05) is 18.2 Å². The van der Waals surface area contributed by atoms with Crippen molar-refractivity contribution in [1.82, 2.24) is 5.32 Å². The zero-order valence-corrected chi connectivity index (χ0v) is 12.5. The molecule has 2 aromatic rings. The highest BCUT2D eigenvalue weighted by molar-refractivity contribution is 6.30. The number of fused-ring (bicyclic) bond motifs is 1. The summed E-state index contributed by atoms with van der Waals surface area (Å²) in [4.78, 5) is 0. The number of benzene rings is 1. The summed E-state index contributed by atoms with van der Waals surface area (Å²) in [6.07, 6.45) is 6.11. The third kappa shape index (κ3) is 3.08. The van der Waals surface area contributed by atoms with Crippen molar-refractivity contribution >= 4 is 11.6 Å². The molecule has 1 aliphatic carbocycles. The van der Waals surface area contributed by atoms with E-state index in [0.717, 1.165) is 30.0 Å². The van der Waals surface area contributed by atoms with Crippen molar-refractivity contribution in [2.45, 2.75) is 44.7 Å². The third-order valence-corrected chi connectivity index (χ3v) is 4.31. The molecule has 2 unspecified atom stereocenters. The van der Waals surface area contributed by atoms with Gasteiger partial charge in [-0.15, -0.1) is 0 Å². The van der Waals surface area contributed by atoms with Crippen molar-refractivity contribution in [3.8, 4) is 0 Å². The number of halogens is 1. The van der Waals surface area contributed by atoms with E-state index in [-0.39, 0.29) is 0 Å². The first-order valence-corrected chi connectivity index (χ1v) is 7.67. The van der Waals surface area contributed by atoms with Crippen LogP contribution in [0.3, 0.4) is 0 Å². The van der Waals surface area contributed by atoms with Crippen LogP contribution in [0, 0.1) is 0 Å². The van der Waals surface area contributed by atoms with E-state index in [9.17, 15) is 0 Å². The summed E-state index contributed by atoms with van der Waals surface area (Å²) in [6, 6.07) is 11.2. The molecule has 1 heterocycles. The molecule has 0 saturated heterocycles. The second-order valence-electron chi connectivity index (χ2n) is 5.62. The van der Waals surface area contributed by atoms with Crippen molar-refractivity contribution in [2.24, 2.45) is 0 Å². The lowest BCUT2D eigenvalue weighted by molar-refractivity contribution is 0.416.